The summed E-state index contributed by atoms with van der Waals surface area (Å²) in [6.45, 7) is 5.60. The number of thiazole rings is 1. The zero-order valence-electron chi connectivity index (χ0n) is 11.4. The second-order valence-electron chi connectivity index (χ2n) is 4.61. The summed E-state index contributed by atoms with van der Waals surface area (Å²) in [7, 11) is 0. The molecule has 0 saturated carbocycles. The van der Waals surface area contributed by atoms with Crippen LogP contribution in [0.25, 0.3) is 0 Å². The number of nitrogens with zero attached hydrogens (tertiary/aromatic N) is 2. The van der Waals surface area contributed by atoms with Gasteiger partial charge in [-0.05, 0) is 39.0 Å². The van der Waals surface area contributed by atoms with Gasteiger partial charge in [-0.15, -0.1) is 11.3 Å². The Morgan fingerprint density at radius 2 is 2.15 bits per heavy atom. The summed E-state index contributed by atoms with van der Waals surface area (Å²) in [4.78, 5) is 18.8. The molecule has 0 aliphatic carbocycles. The lowest BCUT2D eigenvalue weighted by atomic mass is 10.2. The maximum atomic E-state index is 13.1. The van der Waals surface area contributed by atoms with Crippen LogP contribution in [0.2, 0.25) is 5.02 Å². The normalized spacial score (nSPS) is 10.9. The number of halogens is 2. The van der Waals surface area contributed by atoms with Crippen LogP contribution >= 0.6 is 22.9 Å². The molecule has 0 spiro atoms. The van der Waals surface area contributed by atoms with Crippen molar-refractivity contribution >= 4 is 34.5 Å². The average Bonchev–Trinajstić information content (AvgIpc) is 2.78. The zero-order valence-corrected chi connectivity index (χ0v) is 12.9. The Bertz CT molecular complexity index is 642. The number of aryl methyl sites for hydroxylation is 1. The lowest BCUT2D eigenvalue weighted by molar-refractivity contribution is 0.0984. The molecule has 6 heteroatoms. The first-order valence-corrected chi connectivity index (χ1v) is 7.30. The van der Waals surface area contributed by atoms with Crippen molar-refractivity contribution in [1.29, 1.82) is 0 Å². The highest BCUT2D eigenvalue weighted by Gasteiger charge is 2.24. The summed E-state index contributed by atoms with van der Waals surface area (Å²) in [5.41, 5.74) is 0.499. The molecule has 0 bridgehead atoms. The van der Waals surface area contributed by atoms with Crippen LogP contribution in [-0.4, -0.2) is 16.9 Å². The van der Waals surface area contributed by atoms with E-state index in [4.69, 9.17) is 11.6 Å². The summed E-state index contributed by atoms with van der Waals surface area (Å²) in [5.74, 6) is -0.609. The minimum absolute atomic E-state index is 0.104. The molecule has 1 heterocycles. The van der Waals surface area contributed by atoms with Crippen molar-refractivity contribution in [2.75, 3.05) is 4.90 Å². The van der Waals surface area contributed by atoms with Gasteiger partial charge in [0.05, 0.1) is 21.9 Å². The smallest absolute Gasteiger partial charge is 0.270 e. The van der Waals surface area contributed by atoms with Crippen LogP contribution in [0.3, 0.4) is 0 Å². The lowest BCUT2D eigenvalue weighted by Gasteiger charge is -2.27. The van der Waals surface area contributed by atoms with Gasteiger partial charge in [-0.25, -0.2) is 9.37 Å². The van der Waals surface area contributed by atoms with Gasteiger partial charge in [0.1, 0.15) is 10.7 Å². The monoisotopic (exact) mass is 312 g/mol. The van der Waals surface area contributed by atoms with Crippen molar-refractivity contribution in [1.82, 2.24) is 4.98 Å². The second-order valence-corrected chi connectivity index (χ2v) is 6.25. The van der Waals surface area contributed by atoms with Gasteiger partial charge in [0.2, 0.25) is 0 Å². The van der Waals surface area contributed by atoms with Crippen LogP contribution in [0.5, 0.6) is 0 Å². The third-order valence-corrected chi connectivity index (χ3v) is 3.94. The van der Waals surface area contributed by atoms with E-state index in [0.29, 0.717) is 10.6 Å². The molecule has 0 N–H and O–H groups in total. The lowest BCUT2D eigenvalue weighted by Crippen LogP contribution is -2.36. The van der Waals surface area contributed by atoms with Crippen LogP contribution in [0.4, 0.5) is 10.1 Å². The van der Waals surface area contributed by atoms with E-state index in [1.54, 1.807) is 11.1 Å². The Balaban J connectivity index is 2.43. The molecule has 1 aromatic carbocycles. The molecule has 3 nitrogen and oxygen atoms in total. The van der Waals surface area contributed by atoms with Crippen molar-refractivity contribution in [2.45, 2.75) is 26.8 Å². The molecule has 0 aliphatic heterocycles. The number of carbonyl (C=O) groups excluding carboxylic acids is 1. The molecular formula is C14H14ClFN2OS. The fraction of sp³-hybridized carbons (Fsp3) is 0.286. The van der Waals surface area contributed by atoms with E-state index in [-0.39, 0.29) is 17.0 Å². The van der Waals surface area contributed by atoms with Gasteiger partial charge in [0.15, 0.2) is 0 Å². The first-order valence-electron chi connectivity index (χ1n) is 6.11. The molecule has 20 heavy (non-hydrogen) atoms. The van der Waals surface area contributed by atoms with Crippen LogP contribution in [0, 0.1) is 12.7 Å². The molecule has 0 radical (unpaired) electrons. The minimum Gasteiger partial charge on any atom is -0.304 e. The predicted molar refractivity (Wildman–Crippen MR) is 80.2 cm³/mol. The summed E-state index contributed by atoms with van der Waals surface area (Å²) >= 11 is 7.38. The molecule has 1 amide bonds. The van der Waals surface area contributed by atoms with Gasteiger partial charge in [0.25, 0.3) is 5.91 Å². The third kappa shape index (κ3) is 2.99. The number of aromatic nitrogens is 1. The molecule has 1 aromatic heterocycles. The first kappa shape index (κ1) is 14.9. The highest BCUT2D eigenvalue weighted by Crippen LogP contribution is 2.30. The average molecular weight is 313 g/mol. The topological polar surface area (TPSA) is 33.2 Å². The number of carbonyl (C=O) groups is 1. The molecule has 0 fully saturated rings. The Morgan fingerprint density at radius 1 is 1.45 bits per heavy atom. The van der Waals surface area contributed by atoms with Gasteiger partial charge >= 0.3 is 0 Å². The van der Waals surface area contributed by atoms with E-state index in [1.807, 2.05) is 20.8 Å². The standard InChI is InChI=1S/C14H14ClFN2OS/c1-8(2)18(12-5-4-10(16)6-11(12)15)14(19)13-7-17-9(3)20-13/h4-8H,1-3H3. The second kappa shape index (κ2) is 5.89. The van der Waals surface area contributed by atoms with Crippen molar-refractivity contribution in [2.24, 2.45) is 0 Å². The predicted octanol–water partition coefficient (Wildman–Crippen LogP) is 4.30. The van der Waals surface area contributed by atoms with Crippen molar-refractivity contribution in [3.8, 4) is 0 Å². The molecule has 0 aliphatic rings. The number of hydrogen-bond acceptors (Lipinski definition) is 3. The van der Waals surface area contributed by atoms with E-state index in [1.165, 1.54) is 29.5 Å². The van der Waals surface area contributed by atoms with E-state index in [9.17, 15) is 9.18 Å². The Morgan fingerprint density at radius 3 is 2.65 bits per heavy atom. The van der Waals surface area contributed by atoms with E-state index in [2.05, 4.69) is 4.98 Å². The number of amides is 1. The summed E-state index contributed by atoms with van der Waals surface area (Å²) in [5, 5.41) is 1.04. The highest BCUT2D eigenvalue weighted by molar-refractivity contribution is 7.13. The maximum Gasteiger partial charge on any atom is 0.270 e. The van der Waals surface area contributed by atoms with E-state index in [0.717, 1.165) is 5.01 Å². The first-order chi connectivity index (χ1) is 9.40. The highest BCUT2D eigenvalue weighted by atomic mass is 35.5. The van der Waals surface area contributed by atoms with Gasteiger partial charge in [-0.2, -0.15) is 0 Å². The number of hydrogen-bond donors (Lipinski definition) is 0. The molecule has 2 aromatic rings. The van der Waals surface area contributed by atoms with Crippen LogP contribution in [-0.2, 0) is 0 Å². The molecule has 0 atom stereocenters. The minimum atomic E-state index is -0.427. The van der Waals surface area contributed by atoms with Crippen molar-refractivity contribution in [3.05, 3.63) is 45.1 Å². The molecule has 0 saturated heterocycles. The van der Waals surface area contributed by atoms with Crippen LogP contribution in [0.15, 0.2) is 24.4 Å². The summed E-state index contributed by atoms with van der Waals surface area (Å²) < 4.78 is 13.1. The van der Waals surface area contributed by atoms with Gasteiger partial charge < -0.3 is 4.90 Å². The van der Waals surface area contributed by atoms with E-state index >= 15 is 0 Å². The number of rotatable bonds is 3. The van der Waals surface area contributed by atoms with Crippen LogP contribution in [0.1, 0.15) is 28.5 Å². The summed E-state index contributed by atoms with van der Waals surface area (Å²) in [6.07, 6.45) is 1.55. The van der Waals surface area contributed by atoms with Gasteiger partial charge in [-0.1, -0.05) is 11.6 Å². The quantitative estimate of drug-likeness (QED) is 0.846. The molecule has 0 unspecified atom stereocenters. The van der Waals surface area contributed by atoms with Gasteiger partial charge in [0, 0.05) is 6.04 Å². The van der Waals surface area contributed by atoms with Crippen LogP contribution < -0.4 is 4.90 Å². The Labute approximate surface area is 126 Å². The van der Waals surface area contributed by atoms with Crippen molar-refractivity contribution < 1.29 is 9.18 Å². The maximum absolute atomic E-state index is 13.1. The zero-order chi connectivity index (χ0) is 14.9. The third-order valence-electron chi connectivity index (χ3n) is 2.74. The largest absolute Gasteiger partial charge is 0.304 e. The number of benzene rings is 1. The van der Waals surface area contributed by atoms with Crippen molar-refractivity contribution in [3.63, 3.8) is 0 Å². The Hall–Kier alpha value is -1.46. The SMILES string of the molecule is Cc1ncc(C(=O)N(c2ccc(F)cc2Cl)C(C)C)s1. The van der Waals surface area contributed by atoms with Gasteiger partial charge in [-0.3, -0.25) is 4.79 Å². The van der Waals surface area contributed by atoms with E-state index < -0.39 is 5.82 Å². The number of anilines is 1. The fourth-order valence-corrected chi connectivity index (χ4v) is 2.85. The molecule has 2 rings (SSSR count). The fourth-order valence-electron chi connectivity index (χ4n) is 1.88. The molecule has 106 valence electrons. The molecular weight excluding hydrogens is 299 g/mol. The Kier molecular flexibility index (Phi) is 4.40. The summed E-state index contributed by atoms with van der Waals surface area (Å²) in [6, 6.07) is 3.91.